The Morgan fingerprint density at radius 1 is 1.05 bits per heavy atom. The Labute approximate surface area is 334 Å². The van der Waals surface area contributed by atoms with Gasteiger partial charge in [0.15, 0.2) is 0 Å². The predicted molar refractivity (Wildman–Crippen MR) is 211 cm³/mol. The van der Waals surface area contributed by atoms with Gasteiger partial charge in [-0.1, -0.05) is 32.4 Å². The van der Waals surface area contributed by atoms with Gasteiger partial charge >= 0.3 is 6.09 Å². The van der Waals surface area contributed by atoms with Gasteiger partial charge in [-0.2, -0.15) is 0 Å². The number of fused-ring (bicyclic) bond motifs is 3. The van der Waals surface area contributed by atoms with E-state index >= 15 is 0 Å². The van der Waals surface area contributed by atoms with Crippen molar-refractivity contribution >= 4 is 44.9 Å². The molecule has 3 saturated carbocycles. The van der Waals surface area contributed by atoms with Crippen molar-refractivity contribution in [3.05, 3.63) is 36.0 Å². The molecule has 15 nitrogen and oxygen atoms in total. The van der Waals surface area contributed by atoms with Crippen LogP contribution in [0.15, 0.2) is 30.4 Å². The summed E-state index contributed by atoms with van der Waals surface area (Å²) in [4.78, 5) is 68.0. The Morgan fingerprint density at radius 3 is 2.47 bits per heavy atom. The van der Waals surface area contributed by atoms with E-state index in [0.29, 0.717) is 60.5 Å². The maximum Gasteiger partial charge on any atom is 0.408 e. The van der Waals surface area contributed by atoms with Crippen LogP contribution in [0.25, 0.3) is 11.0 Å². The second kappa shape index (κ2) is 15.7. The van der Waals surface area contributed by atoms with Crippen LogP contribution in [0.5, 0.6) is 11.6 Å². The third kappa shape index (κ3) is 9.15. The van der Waals surface area contributed by atoms with E-state index in [1.807, 2.05) is 25.1 Å². The predicted octanol–water partition coefficient (Wildman–Crippen LogP) is 4.64. The zero-order chi connectivity index (χ0) is 40.9. The summed E-state index contributed by atoms with van der Waals surface area (Å²) >= 11 is 0. The van der Waals surface area contributed by atoms with E-state index in [0.717, 1.165) is 19.3 Å². The molecule has 7 atom stereocenters. The smallest absolute Gasteiger partial charge is 0.408 e. The van der Waals surface area contributed by atoms with E-state index in [1.54, 1.807) is 40.0 Å². The second-order valence-corrected chi connectivity index (χ2v) is 19.6. The summed E-state index contributed by atoms with van der Waals surface area (Å²) < 4.78 is 45.8. The zero-order valence-electron chi connectivity index (χ0n) is 33.7. The van der Waals surface area contributed by atoms with Crippen LogP contribution in [0.4, 0.5) is 4.79 Å². The molecule has 3 N–H and O–H groups in total. The average Bonchev–Trinajstić information content (AvgIpc) is 4.04. The van der Waals surface area contributed by atoms with Gasteiger partial charge in [0.2, 0.25) is 27.7 Å². The van der Waals surface area contributed by atoms with Gasteiger partial charge < -0.3 is 29.7 Å². The SMILES string of the molecule is CC[C@@H]1C[C@H](C)CC/C=C\[C@@H]2C[C@@]2(C(=O)NS(=O)(=O)C2CC2)NC(=O)[C@@H]2C[C@@H](Oc3nc4ccc(OC)cc4nc3C3CC3)CN2C(=O)[C@H]1NC(=O)OC(C)(C)C. The van der Waals surface area contributed by atoms with Crippen LogP contribution >= 0.6 is 0 Å². The quantitative estimate of drug-likeness (QED) is 0.299. The van der Waals surface area contributed by atoms with E-state index < -0.39 is 74.3 Å². The van der Waals surface area contributed by atoms with Crippen LogP contribution in [0.3, 0.4) is 0 Å². The topological polar surface area (TPSA) is 195 Å². The third-order valence-electron chi connectivity index (χ3n) is 11.8. The van der Waals surface area contributed by atoms with Crippen molar-refractivity contribution in [1.82, 2.24) is 30.2 Å². The number of nitrogens with zero attached hydrogens (tertiary/aromatic N) is 3. The number of ether oxygens (including phenoxy) is 3. The summed E-state index contributed by atoms with van der Waals surface area (Å²) in [6, 6.07) is 3.25. The van der Waals surface area contributed by atoms with Crippen LogP contribution in [0.1, 0.15) is 110 Å². The number of carbonyl (C=O) groups is 4. The van der Waals surface area contributed by atoms with Gasteiger partial charge in [0.1, 0.15) is 40.8 Å². The monoisotopic (exact) mass is 808 g/mol. The number of aromatic nitrogens is 2. The molecule has 16 heteroatoms. The molecule has 2 aromatic rings. The van der Waals surface area contributed by atoms with Crippen molar-refractivity contribution in [2.24, 2.45) is 17.8 Å². The summed E-state index contributed by atoms with van der Waals surface area (Å²) in [6.45, 7) is 9.30. The van der Waals surface area contributed by atoms with E-state index in [4.69, 9.17) is 24.2 Å². The first-order valence-corrected chi connectivity index (χ1v) is 21.9. The van der Waals surface area contributed by atoms with E-state index in [1.165, 1.54) is 4.90 Å². The summed E-state index contributed by atoms with van der Waals surface area (Å²) in [5, 5.41) is 5.17. The Morgan fingerprint density at radius 2 is 1.81 bits per heavy atom. The van der Waals surface area contributed by atoms with E-state index in [9.17, 15) is 27.6 Å². The molecule has 0 bridgehead atoms. The van der Waals surface area contributed by atoms with Gasteiger partial charge in [-0.3, -0.25) is 19.1 Å². The molecule has 57 heavy (non-hydrogen) atoms. The standard InChI is InChI=1S/C41H56N6O9S/c1-7-24-18-23(2)10-8-9-11-26-21-41(26,38(50)46-57(52,53)29-15-16-29)45-35(48)32-20-28(22-47(32)37(49)34(24)44-39(51)56-40(3,4)5)55-36-33(25-12-13-25)42-31-19-27(54-6)14-17-30(31)43-36/h9,11,14,17,19,23-26,28-29,32,34H,7-8,10,12-13,15-16,18,20-22H2,1-6H3,(H,44,51)(H,45,48)(H,46,50)/b11-9-/t23-,24-,26-,28-,32+,34+,41-/m1/s1. The van der Waals surface area contributed by atoms with Crippen molar-refractivity contribution in [3.63, 3.8) is 0 Å². The number of carbonyl (C=O) groups excluding carboxylic acids is 4. The molecule has 4 fully saturated rings. The molecule has 1 aromatic carbocycles. The largest absolute Gasteiger partial charge is 0.497 e. The van der Waals surface area contributed by atoms with Crippen LogP contribution in [0, 0.1) is 17.8 Å². The van der Waals surface area contributed by atoms with Gasteiger partial charge in [0, 0.05) is 24.3 Å². The number of amides is 4. The van der Waals surface area contributed by atoms with Gasteiger partial charge in [-0.25, -0.2) is 23.2 Å². The van der Waals surface area contributed by atoms with E-state index in [-0.39, 0.29) is 37.1 Å². The Hall–Kier alpha value is -4.47. The molecule has 0 unspecified atom stereocenters. The molecule has 5 aliphatic rings. The van der Waals surface area contributed by atoms with Crippen LogP contribution < -0.4 is 24.8 Å². The number of rotatable bonds is 9. The molecular formula is C41H56N6O9S. The first kappa shape index (κ1) is 40.7. The minimum absolute atomic E-state index is 0.0135. The molecule has 1 aromatic heterocycles. The minimum Gasteiger partial charge on any atom is -0.497 e. The molecule has 310 valence electrons. The molecular weight excluding hydrogens is 753 g/mol. The Bertz CT molecular complexity index is 2040. The molecule has 0 radical (unpaired) electrons. The first-order chi connectivity index (χ1) is 27.0. The fourth-order valence-corrected chi connectivity index (χ4v) is 9.54. The molecule has 1 saturated heterocycles. The number of sulfonamides is 1. The van der Waals surface area contributed by atoms with E-state index in [2.05, 4.69) is 22.3 Å². The fraction of sp³-hybridized carbons (Fsp3) is 0.659. The number of benzene rings is 1. The molecule has 2 aliphatic heterocycles. The van der Waals surface area contributed by atoms with Crippen molar-refractivity contribution < 1.29 is 41.8 Å². The Kier molecular flexibility index (Phi) is 11.2. The lowest BCUT2D eigenvalue weighted by atomic mass is 9.85. The highest BCUT2D eigenvalue weighted by atomic mass is 32.2. The first-order valence-electron chi connectivity index (χ1n) is 20.4. The lowest BCUT2D eigenvalue weighted by Gasteiger charge is -2.34. The zero-order valence-corrected chi connectivity index (χ0v) is 34.5. The second-order valence-electron chi connectivity index (χ2n) is 17.6. The van der Waals surface area contributed by atoms with Crippen molar-refractivity contribution in [2.45, 2.75) is 139 Å². The minimum atomic E-state index is -3.91. The fourth-order valence-electron chi connectivity index (χ4n) is 8.18. The van der Waals surface area contributed by atoms with Gasteiger partial charge in [-0.05, 0) is 96.1 Å². The molecule has 4 amide bonds. The molecule has 0 spiro atoms. The summed E-state index contributed by atoms with van der Waals surface area (Å²) in [5.74, 6) is -1.31. The molecule has 7 rings (SSSR count). The normalized spacial score (nSPS) is 30.2. The number of allylic oxidation sites excluding steroid dienone is 1. The van der Waals surface area contributed by atoms with Gasteiger partial charge in [-0.15, -0.1) is 0 Å². The highest BCUT2D eigenvalue weighted by molar-refractivity contribution is 7.91. The lowest BCUT2D eigenvalue weighted by Crippen LogP contribution is -2.59. The Balaban J connectivity index is 1.24. The third-order valence-corrected chi connectivity index (χ3v) is 13.6. The highest BCUT2D eigenvalue weighted by Crippen LogP contribution is 2.47. The maximum absolute atomic E-state index is 15.0. The maximum atomic E-state index is 15.0. The summed E-state index contributed by atoms with van der Waals surface area (Å²) in [6.07, 6.45) is 8.11. The van der Waals surface area contributed by atoms with Gasteiger partial charge in [0.05, 0.1) is 29.9 Å². The molecule has 3 aliphatic carbocycles. The summed E-state index contributed by atoms with van der Waals surface area (Å²) in [7, 11) is -2.32. The van der Waals surface area contributed by atoms with Crippen molar-refractivity contribution in [3.8, 4) is 11.6 Å². The highest BCUT2D eigenvalue weighted by Gasteiger charge is 2.62. The van der Waals surface area contributed by atoms with Crippen LogP contribution in [-0.4, -0.2) is 95.3 Å². The molecule has 3 heterocycles. The lowest BCUT2D eigenvalue weighted by molar-refractivity contribution is -0.142. The van der Waals surface area contributed by atoms with Crippen LogP contribution in [-0.2, 0) is 29.1 Å². The number of hydrogen-bond acceptors (Lipinski definition) is 11. The summed E-state index contributed by atoms with van der Waals surface area (Å²) in [5.41, 5.74) is -0.384. The number of methoxy groups -OCH3 is 1. The van der Waals surface area contributed by atoms with Crippen LogP contribution in [0.2, 0.25) is 0 Å². The van der Waals surface area contributed by atoms with Crippen molar-refractivity contribution in [2.75, 3.05) is 13.7 Å². The number of alkyl carbamates (subject to hydrolysis) is 1. The number of nitrogens with one attached hydrogen (secondary N) is 3. The average molecular weight is 809 g/mol. The van der Waals surface area contributed by atoms with Gasteiger partial charge in [0.25, 0.3) is 5.91 Å². The number of hydrogen-bond donors (Lipinski definition) is 3. The van der Waals surface area contributed by atoms with Crippen molar-refractivity contribution in [1.29, 1.82) is 0 Å².